The number of nitrogens with zero attached hydrogens (tertiary/aromatic N) is 2. The summed E-state index contributed by atoms with van der Waals surface area (Å²) >= 11 is 0.891. The van der Waals surface area contributed by atoms with E-state index in [1.54, 1.807) is 4.70 Å². The van der Waals surface area contributed by atoms with Gasteiger partial charge in [0.05, 0.1) is 0 Å². The van der Waals surface area contributed by atoms with E-state index < -0.39 is 0 Å². The Bertz CT molecular complexity index is 1750. The second-order valence-electron chi connectivity index (χ2n) is 16.2. The van der Waals surface area contributed by atoms with Crippen molar-refractivity contribution in [2.24, 2.45) is 0 Å². The van der Waals surface area contributed by atoms with E-state index in [1.807, 2.05) is 0 Å². The second kappa shape index (κ2) is 28.9. The molecule has 0 aliphatic carbocycles. The molecule has 1 heterocycles. The van der Waals surface area contributed by atoms with E-state index in [2.05, 4.69) is 137 Å². The van der Waals surface area contributed by atoms with Crippen LogP contribution in [0.1, 0.15) is 170 Å². The summed E-state index contributed by atoms with van der Waals surface area (Å²) in [6, 6.07) is 39.6. The molecule has 0 amide bonds. The molecule has 58 heavy (non-hydrogen) atoms. The Morgan fingerprint density at radius 2 is 0.759 bits per heavy atom. The number of hydrogen-bond acceptors (Lipinski definition) is 0. The molecule has 0 unspecified atom stereocenters. The van der Waals surface area contributed by atoms with Gasteiger partial charge in [-0.3, -0.25) is 0 Å². The molecule has 0 spiro atoms. The Kier molecular flexibility index (Phi) is 23.6. The fourth-order valence-electron chi connectivity index (χ4n) is 7.97. The van der Waals surface area contributed by atoms with Crippen LogP contribution in [0.2, 0.25) is 9.79 Å². The van der Waals surface area contributed by atoms with E-state index in [4.69, 9.17) is 0 Å². The van der Waals surface area contributed by atoms with Crippen LogP contribution in [0.5, 0.6) is 0 Å². The Morgan fingerprint density at radius 1 is 0.379 bits per heavy atom. The zero-order chi connectivity index (χ0) is 41.0. The van der Waals surface area contributed by atoms with Crippen LogP contribution < -0.4 is 0 Å². The molecule has 0 fully saturated rings. The molecule has 0 radical (unpaired) electrons. The van der Waals surface area contributed by atoms with Gasteiger partial charge >= 0.3 is 112 Å². The first-order valence-corrected chi connectivity index (χ1v) is 25.5. The van der Waals surface area contributed by atoms with Gasteiger partial charge in [0.15, 0.2) is 0 Å². The number of rotatable bonds is 27. The monoisotopic (exact) mass is 871 g/mol. The van der Waals surface area contributed by atoms with Crippen molar-refractivity contribution >= 4 is 11.4 Å². The predicted octanol–water partition coefficient (Wildman–Crippen LogP) is 17.0. The Morgan fingerprint density at radius 3 is 1.24 bits per heavy atom. The van der Waals surface area contributed by atoms with Gasteiger partial charge in [-0.05, 0) is 86.8 Å². The van der Waals surface area contributed by atoms with Crippen molar-refractivity contribution in [2.45, 2.75) is 172 Å². The molecule has 1 aliphatic heterocycles. The van der Waals surface area contributed by atoms with Crippen molar-refractivity contribution in [2.75, 3.05) is 0 Å². The molecule has 2 nitrogen and oxygen atoms in total. The third-order valence-electron chi connectivity index (χ3n) is 11.4. The molecule has 5 rings (SSSR count). The van der Waals surface area contributed by atoms with Crippen LogP contribution in [0.4, 0.5) is 0 Å². The molecule has 0 atom stereocenters. The van der Waals surface area contributed by atoms with Gasteiger partial charge < -0.3 is 5.53 Å². The third-order valence-corrected chi connectivity index (χ3v) is 13.2. The number of unbranched alkanes of at least 4 members (excludes halogenated alkanes) is 11. The van der Waals surface area contributed by atoms with E-state index in [9.17, 15) is 5.53 Å². The van der Waals surface area contributed by atoms with Gasteiger partial charge in [-0.25, -0.2) is 4.70 Å². The zero-order valence-corrected chi connectivity index (χ0v) is 38.4. The van der Waals surface area contributed by atoms with Crippen molar-refractivity contribution in [1.29, 1.82) is 0 Å². The minimum atomic E-state index is 0.891. The predicted molar refractivity (Wildman–Crippen MR) is 249 cm³/mol. The van der Waals surface area contributed by atoms with Gasteiger partial charge in [0.25, 0.3) is 0 Å². The van der Waals surface area contributed by atoms with Crippen molar-refractivity contribution in [3.8, 4) is 0 Å². The van der Waals surface area contributed by atoms with Crippen LogP contribution in [0.25, 0.3) is 16.9 Å². The molecule has 1 aliphatic rings. The fourth-order valence-corrected chi connectivity index (χ4v) is 9.80. The fraction of sp³-hybridized carbons (Fsp3) is 0.491. The minimum absolute atomic E-state index is 0.891. The first kappa shape index (κ1) is 47.3. The molecule has 316 valence electrons. The van der Waals surface area contributed by atoms with Crippen LogP contribution >= 0.6 is 0 Å². The summed E-state index contributed by atoms with van der Waals surface area (Å²) < 4.78 is 1.57. The summed E-state index contributed by atoms with van der Waals surface area (Å²) in [6.07, 6.45) is 25.7. The standard InChI is InChI=1S/C39H58N2.2C8H9.Pd/c1-5-9-13-14-15-16-19-23-33-25-21-27-35(31-33)39-37(29-18-11-7-3)36(28-12-8-4)38(41(39)40)34-26-20-24-32(30-34)22-17-10-6-2;2*1-2-8-6-4-3-5-7-8;/h20-21,24-27,30-31H,5-19,22-23,28-29H2,1-4H3;2*3-7H,1-2H2;. The van der Waals surface area contributed by atoms with E-state index in [0.29, 0.717) is 0 Å². The van der Waals surface area contributed by atoms with Gasteiger partial charge in [0, 0.05) is 22.3 Å². The molecular formula is C55H76N2Pd. The molecule has 3 heteroatoms. The summed E-state index contributed by atoms with van der Waals surface area (Å²) in [5.74, 6) is 0. The maximum atomic E-state index is 12.0. The Balaban J connectivity index is 0.000000362. The Labute approximate surface area is 363 Å². The third kappa shape index (κ3) is 16.7. The van der Waals surface area contributed by atoms with Crippen LogP contribution in [0, 0.1) is 0 Å². The summed E-state index contributed by atoms with van der Waals surface area (Å²) in [7, 11) is 0. The van der Waals surface area contributed by atoms with Crippen LogP contribution in [-0.2, 0) is 43.7 Å². The number of aryl methyl sites for hydroxylation is 4. The zero-order valence-electron chi connectivity index (χ0n) is 36.9. The average Bonchev–Trinajstić information content (AvgIpc) is 3.53. The summed E-state index contributed by atoms with van der Waals surface area (Å²) in [6.45, 7) is 9.10. The van der Waals surface area contributed by atoms with Gasteiger partial charge in [-0.2, -0.15) is 0 Å². The van der Waals surface area contributed by atoms with Crippen LogP contribution in [0.15, 0.2) is 120 Å². The quantitative estimate of drug-likeness (QED) is 0.0324. The molecule has 0 saturated heterocycles. The Hall–Kier alpha value is -3.38. The topological polar surface area (TPSA) is 25.3 Å². The number of allylic oxidation sites excluding steroid dienone is 2. The molecule has 0 saturated carbocycles. The van der Waals surface area contributed by atoms with E-state index in [1.165, 1.54) is 145 Å². The molecule has 0 aromatic heterocycles. The summed E-state index contributed by atoms with van der Waals surface area (Å²) in [4.78, 5) is 2.70. The van der Waals surface area contributed by atoms with Gasteiger partial charge in [0.2, 0.25) is 11.4 Å². The first-order valence-electron chi connectivity index (χ1n) is 23.3. The molecule has 4 aromatic carbocycles. The normalized spacial score (nSPS) is 12.7. The van der Waals surface area contributed by atoms with Crippen LogP contribution in [0.3, 0.4) is 0 Å². The van der Waals surface area contributed by atoms with E-state index in [-0.39, 0.29) is 0 Å². The molecular weight excluding hydrogens is 795 g/mol. The summed E-state index contributed by atoms with van der Waals surface area (Å²) in [5, 5.41) is 0. The van der Waals surface area contributed by atoms with Crippen LogP contribution in [-0.4, -0.2) is 4.70 Å². The number of hydrogen-bond donors (Lipinski definition) is 0. The average molecular weight is 872 g/mol. The SMILES string of the molecule is CCCCCCCCCc1cccc(C2=C(CCCCC)C(CCCC)=C(c3cccc(CCCCC)c3)[N+]2=[N-])c1.c1ccc(C[CH2][Pd][CH2]Cc2ccccc2)cc1. The van der Waals surface area contributed by atoms with Gasteiger partial charge in [-0.15, -0.1) is 0 Å². The molecule has 0 bridgehead atoms. The van der Waals surface area contributed by atoms with Crippen molar-refractivity contribution < 1.29 is 22.7 Å². The van der Waals surface area contributed by atoms with Crippen molar-refractivity contribution in [3.63, 3.8) is 0 Å². The van der Waals surface area contributed by atoms with Crippen molar-refractivity contribution in [1.82, 2.24) is 0 Å². The maximum absolute atomic E-state index is 12.0. The van der Waals surface area contributed by atoms with Gasteiger partial charge in [-0.1, -0.05) is 123 Å². The molecule has 0 N–H and O–H groups in total. The van der Waals surface area contributed by atoms with E-state index >= 15 is 0 Å². The molecule has 4 aromatic rings. The van der Waals surface area contributed by atoms with E-state index in [0.717, 1.165) is 73.5 Å². The second-order valence-corrected chi connectivity index (χ2v) is 18.5. The number of benzene rings is 4. The first-order chi connectivity index (χ1) is 28.6. The van der Waals surface area contributed by atoms with Crippen molar-refractivity contribution in [3.05, 3.63) is 159 Å². The van der Waals surface area contributed by atoms with Gasteiger partial charge in [0.1, 0.15) is 0 Å². The summed E-state index contributed by atoms with van der Waals surface area (Å²) in [5.41, 5.74) is 24.8.